The third-order valence-electron chi connectivity index (χ3n) is 3.29. The van der Waals surface area contributed by atoms with Crippen LogP contribution in [-0.2, 0) is 0 Å². The van der Waals surface area contributed by atoms with Gasteiger partial charge in [-0.3, -0.25) is 0 Å². The molecular weight excluding hydrogens is 376 g/mol. The summed E-state index contributed by atoms with van der Waals surface area (Å²) in [4.78, 5) is 0. The van der Waals surface area contributed by atoms with E-state index in [2.05, 4.69) is 14.9 Å². The number of aromatic nitrogens is 2. The van der Waals surface area contributed by atoms with Gasteiger partial charge in [-0.2, -0.15) is 14.0 Å². The van der Waals surface area contributed by atoms with Crippen molar-refractivity contribution in [1.29, 1.82) is 5.26 Å². The van der Waals surface area contributed by atoms with Crippen molar-refractivity contribution in [2.75, 3.05) is 12.4 Å². The van der Waals surface area contributed by atoms with Crippen molar-refractivity contribution < 1.29 is 22.7 Å². The molecule has 0 saturated heterocycles. The molecule has 6 nitrogen and oxygen atoms in total. The lowest BCUT2D eigenvalue weighted by atomic mass is 10.2. The average molecular weight is 389 g/mol. The van der Waals surface area contributed by atoms with Crippen LogP contribution in [0.3, 0.4) is 0 Å². The lowest BCUT2D eigenvalue weighted by Crippen LogP contribution is -2.01. The highest BCUT2D eigenvalue weighted by molar-refractivity contribution is 7.99. The van der Waals surface area contributed by atoms with E-state index in [9.17, 15) is 8.78 Å². The van der Waals surface area contributed by atoms with Crippen LogP contribution < -0.4 is 9.47 Å². The number of benzene rings is 2. The first-order valence-electron chi connectivity index (χ1n) is 7.78. The lowest BCUT2D eigenvalue weighted by molar-refractivity contribution is -0.0498. The van der Waals surface area contributed by atoms with E-state index >= 15 is 0 Å². The molecule has 0 aliphatic heterocycles. The van der Waals surface area contributed by atoms with Gasteiger partial charge in [0.15, 0.2) is 0 Å². The molecule has 0 saturated carbocycles. The second-order valence-corrected chi connectivity index (χ2v) is 6.16. The molecule has 0 aliphatic rings. The highest BCUT2D eigenvalue weighted by Crippen LogP contribution is 2.25. The Kier molecular flexibility index (Phi) is 6.22. The van der Waals surface area contributed by atoms with Gasteiger partial charge in [0.25, 0.3) is 5.22 Å². The Morgan fingerprint density at radius 1 is 1.04 bits per heavy atom. The number of hydrogen-bond acceptors (Lipinski definition) is 7. The molecule has 1 heterocycles. The second kappa shape index (κ2) is 9.00. The lowest BCUT2D eigenvalue weighted by Gasteiger charge is -2.04. The van der Waals surface area contributed by atoms with Gasteiger partial charge in [-0.15, -0.1) is 10.2 Å². The van der Waals surface area contributed by atoms with Crippen LogP contribution in [0.15, 0.2) is 58.2 Å². The molecule has 1 aromatic heterocycles. The molecule has 0 radical (unpaired) electrons. The van der Waals surface area contributed by atoms with E-state index in [0.717, 1.165) is 0 Å². The van der Waals surface area contributed by atoms with E-state index in [1.54, 1.807) is 36.4 Å². The van der Waals surface area contributed by atoms with Gasteiger partial charge in [0.1, 0.15) is 11.5 Å². The van der Waals surface area contributed by atoms with Crippen LogP contribution in [0, 0.1) is 11.3 Å². The Morgan fingerprint density at radius 2 is 1.74 bits per heavy atom. The molecule has 0 aliphatic carbocycles. The molecular formula is C18H13F2N3O3S. The highest BCUT2D eigenvalue weighted by Gasteiger charge is 2.10. The van der Waals surface area contributed by atoms with Crippen LogP contribution in [0.25, 0.3) is 11.5 Å². The third kappa shape index (κ3) is 5.43. The minimum atomic E-state index is -2.87. The van der Waals surface area contributed by atoms with Crippen molar-refractivity contribution in [3.63, 3.8) is 0 Å². The quantitative estimate of drug-likeness (QED) is 0.418. The molecule has 27 heavy (non-hydrogen) atoms. The van der Waals surface area contributed by atoms with Crippen molar-refractivity contribution >= 4 is 11.8 Å². The van der Waals surface area contributed by atoms with Gasteiger partial charge in [-0.25, -0.2) is 0 Å². The summed E-state index contributed by atoms with van der Waals surface area (Å²) in [7, 11) is 0. The van der Waals surface area contributed by atoms with Crippen molar-refractivity contribution in [2.24, 2.45) is 0 Å². The van der Waals surface area contributed by atoms with Gasteiger partial charge in [0, 0.05) is 11.3 Å². The molecule has 0 unspecified atom stereocenters. The van der Waals surface area contributed by atoms with Crippen molar-refractivity contribution in [1.82, 2.24) is 10.2 Å². The molecule has 0 spiro atoms. The summed E-state index contributed by atoms with van der Waals surface area (Å²) in [5.41, 5.74) is 1.17. The fourth-order valence-corrected chi connectivity index (χ4v) is 2.66. The zero-order valence-corrected chi connectivity index (χ0v) is 14.7. The maximum atomic E-state index is 12.1. The highest BCUT2D eigenvalue weighted by atomic mass is 32.2. The fraction of sp³-hybridized carbons (Fsp3) is 0.167. The molecule has 0 bridgehead atoms. The summed E-state index contributed by atoms with van der Waals surface area (Å²) in [6.07, 6.45) is 0. The Hall–Kier alpha value is -3.12. The van der Waals surface area contributed by atoms with Gasteiger partial charge >= 0.3 is 6.61 Å². The van der Waals surface area contributed by atoms with Crippen molar-refractivity contribution in [3.8, 4) is 29.0 Å². The van der Waals surface area contributed by atoms with E-state index in [1.165, 1.54) is 23.9 Å². The summed E-state index contributed by atoms with van der Waals surface area (Å²) in [5, 5.41) is 17.0. The van der Waals surface area contributed by atoms with Crippen LogP contribution in [0.1, 0.15) is 5.56 Å². The van der Waals surface area contributed by atoms with Gasteiger partial charge in [0.2, 0.25) is 5.89 Å². The second-order valence-electron chi connectivity index (χ2n) is 5.11. The van der Waals surface area contributed by atoms with Gasteiger partial charge in [-0.1, -0.05) is 11.8 Å². The summed E-state index contributed by atoms with van der Waals surface area (Å²) in [6, 6.07) is 14.8. The summed E-state index contributed by atoms with van der Waals surface area (Å²) in [5.74, 6) is 1.60. The Morgan fingerprint density at radius 3 is 2.41 bits per heavy atom. The number of ether oxygens (including phenoxy) is 2. The smallest absolute Gasteiger partial charge is 0.387 e. The van der Waals surface area contributed by atoms with E-state index in [4.69, 9.17) is 14.4 Å². The minimum Gasteiger partial charge on any atom is -0.493 e. The maximum absolute atomic E-state index is 12.1. The van der Waals surface area contributed by atoms with Gasteiger partial charge < -0.3 is 13.9 Å². The van der Waals surface area contributed by atoms with Gasteiger partial charge in [-0.05, 0) is 48.5 Å². The van der Waals surface area contributed by atoms with E-state index < -0.39 is 6.61 Å². The normalized spacial score (nSPS) is 10.6. The van der Waals surface area contributed by atoms with Gasteiger partial charge in [0.05, 0.1) is 18.2 Å². The van der Waals surface area contributed by atoms with Crippen LogP contribution in [0.5, 0.6) is 11.5 Å². The monoisotopic (exact) mass is 389 g/mol. The standard InChI is InChI=1S/C18H13F2N3O3S/c19-17(20)25-15-7-3-13(4-8-15)16-22-23-18(26-16)27-10-9-24-14-5-1-12(11-21)2-6-14/h1-8,17H,9-10H2. The number of nitriles is 1. The topological polar surface area (TPSA) is 81.2 Å². The molecule has 0 atom stereocenters. The van der Waals surface area contributed by atoms with Crippen molar-refractivity contribution in [3.05, 3.63) is 54.1 Å². The Balaban J connectivity index is 1.48. The average Bonchev–Trinajstić information content (AvgIpc) is 3.15. The zero-order chi connectivity index (χ0) is 19.1. The number of nitrogens with zero attached hydrogens (tertiary/aromatic N) is 3. The predicted molar refractivity (Wildman–Crippen MR) is 93.7 cm³/mol. The predicted octanol–water partition coefficient (Wildman–Crippen LogP) is 4.38. The molecule has 0 N–H and O–H groups in total. The largest absolute Gasteiger partial charge is 0.493 e. The SMILES string of the molecule is N#Cc1ccc(OCCSc2nnc(-c3ccc(OC(F)F)cc3)o2)cc1. The number of halogens is 2. The Labute approximate surface area is 157 Å². The number of alkyl halides is 2. The van der Waals surface area contributed by atoms with Crippen molar-refractivity contribution in [2.45, 2.75) is 11.8 Å². The number of hydrogen-bond donors (Lipinski definition) is 0. The first kappa shape index (κ1) is 18.7. The molecule has 2 aromatic carbocycles. The summed E-state index contributed by atoms with van der Waals surface area (Å²) >= 11 is 1.33. The molecule has 0 fully saturated rings. The van der Waals surface area contributed by atoms with Crippen LogP contribution in [0.4, 0.5) is 8.78 Å². The molecule has 3 aromatic rings. The summed E-state index contributed by atoms with van der Waals surface area (Å²) < 4.78 is 39.7. The molecule has 138 valence electrons. The molecule has 9 heteroatoms. The van der Waals surface area contributed by atoms with Crippen LogP contribution in [-0.4, -0.2) is 29.2 Å². The molecule has 3 rings (SSSR count). The summed E-state index contributed by atoms with van der Waals surface area (Å²) in [6.45, 7) is -2.44. The molecule has 0 amide bonds. The fourth-order valence-electron chi connectivity index (χ4n) is 2.08. The van der Waals surface area contributed by atoms with E-state index in [1.807, 2.05) is 6.07 Å². The zero-order valence-electron chi connectivity index (χ0n) is 13.8. The number of rotatable bonds is 8. The Bertz CT molecular complexity index is 909. The van der Waals surface area contributed by atoms with E-state index in [0.29, 0.717) is 34.5 Å². The number of thioether (sulfide) groups is 1. The first-order chi connectivity index (χ1) is 13.1. The van der Waals surface area contributed by atoms with Crippen LogP contribution in [0.2, 0.25) is 0 Å². The third-order valence-corrected chi connectivity index (χ3v) is 4.08. The first-order valence-corrected chi connectivity index (χ1v) is 8.77. The minimum absolute atomic E-state index is 0.0582. The van der Waals surface area contributed by atoms with E-state index in [-0.39, 0.29) is 11.6 Å². The maximum Gasteiger partial charge on any atom is 0.387 e. The van der Waals surface area contributed by atoms with Crippen LogP contribution >= 0.6 is 11.8 Å².